The minimum absolute atomic E-state index is 0.355. The van der Waals surface area contributed by atoms with Gasteiger partial charge in [0.1, 0.15) is 0 Å². The van der Waals surface area contributed by atoms with Crippen LogP contribution in [0.5, 0.6) is 0 Å². The first-order valence-corrected chi connectivity index (χ1v) is 9.18. The molecule has 0 unspecified atom stereocenters. The summed E-state index contributed by atoms with van der Waals surface area (Å²) in [5.41, 5.74) is 0.355. The van der Waals surface area contributed by atoms with E-state index in [-0.39, 0.29) is 0 Å². The molecule has 0 saturated carbocycles. The lowest BCUT2D eigenvalue weighted by Crippen LogP contribution is -2.57. The lowest BCUT2D eigenvalue weighted by atomic mass is 9.99. The molecule has 1 aliphatic heterocycles. The molecule has 0 amide bonds. The smallest absolute Gasteiger partial charge is 0.0277 e. The van der Waals surface area contributed by atoms with Gasteiger partial charge in [0.15, 0.2) is 0 Å². The van der Waals surface area contributed by atoms with E-state index in [4.69, 9.17) is 0 Å². The topological polar surface area (TPSA) is 6.48 Å². The summed E-state index contributed by atoms with van der Waals surface area (Å²) in [6.07, 6.45) is 9.83. The number of alkyl halides is 1. The van der Waals surface area contributed by atoms with E-state index in [1.165, 1.54) is 76.5 Å². The zero-order valence-corrected chi connectivity index (χ0v) is 14.8. The molecule has 114 valence electrons. The maximum atomic E-state index is 3.49. The Balaban J connectivity index is 1.98. The summed E-state index contributed by atoms with van der Waals surface area (Å²) in [4.78, 5) is 5.15. The fraction of sp³-hybridized carbons (Fsp3) is 1.00. The van der Waals surface area contributed by atoms with Crippen LogP contribution in [0, 0.1) is 0 Å². The Bertz CT molecular complexity index is 231. The summed E-state index contributed by atoms with van der Waals surface area (Å²) in [5.74, 6) is 0. The van der Waals surface area contributed by atoms with Gasteiger partial charge in [-0.3, -0.25) is 4.90 Å². The maximum absolute atomic E-state index is 3.49. The minimum atomic E-state index is 0.355. The molecule has 3 heteroatoms. The summed E-state index contributed by atoms with van der Waals surface area (Å²) < 4.78 is 0. The second-order valence-corrected chi connectivity index (χ2v) is 7.47. The van der Waals surface area contributed by atoms with Crippen LogP contribution in [0.3, 0.4) is 0 Å². The van der Waals surface area contributed by atoms with E-state index >= 15 is 0 Å². The molecule has 0 radical (unpaired) electrons. The Morgan fingerprint density at radius 3 is 2.05 bits per heavy atom. The van der Waals surface area contributed by atoms with Crippen molar-refractivity contribution < 1.29 is 0 Å². The van der Waals surface area contributed by atoms with Gasteiger partial charge in [-0.1, -0.05) is 48.0 Å². The fourth-order valence-electron chi connectivity index (χ4n) is 2.85. The van der Waals surface area contributed by atoms with Gasteiger partial charge in [-0.25, -0.2) is 0 Å². The van der Waals surface area contributed by atoms with Crippen LogP contribution in [0.1, 0.15) is 58.8 Å². The SMILES string of the molecule is CN1CCN(CCCCCCCCCBr)CC1(C)C. The summed E-state index contributed by atoms with van der Waals surface area (Å²) in [6, 6.07) is 0. The van der Waals surface area contributed by atoms with Crippen LogP contribution in [0.15, 0.2) is 0 Å². The van der Waals surface area contributed by atoms with Crippen molar-refractivity contribution in [3.05, 3.63) is 0 Å². The highest BCUT2D eigenvalue weighted by atomic mass is 79.9. The molecule has 0 spiro atoms. The van der Waals surface area contributed by atoms with Crippen molar-refractivity contribution in [2.45, 2.75) is 64.3 Å². The van der Waals surface area contributed by atoms with Crippen LogP contribution in [0.2, 0.25) is 0 Å². The van der Waals surface area contributed by atoms with Crippen molar-refractivity contribution in [2.75, 3.05) is 38.6 Å². The Hall–Kier alpha value is 0.400. The lowest BCUT2D eigenvalue weighted by Gasteiger charge is -2.45. The predicted molar refractivity (Wildman–Crippen MR) is 89.3 cm³/mol. The van der Waals surface area contributed by atoms with Gasteiger partial charge in [-0.2, -0.15) is 0 Å². The van der Waals surface area contributed by atoms with Crippen molar-refractivity contribution >= 4 is 15.9 Å². The van der Waals surface area contributed by atoms with Crippen molar-refractivity contribution in [3.8, 4) is 0 Å². The lowest BCUT2D eigenvalue weighted by molar-refractivity contribution is 0.0392. The molecule has 0 aliphatic carbocycles. The third-order valence-electron chi connectivity index (χ3n) is 4.50. The highest BCUT2D eigenvalue weighted by Gasteiger charge is 2.30. The zero-order chi connectivity index (χ0) is 14.1. The molecular weight excluding hydrogens is 300 g/mol. The molecule has 0 bridgehead atoms. The van der Waals surface area contributed by atoms with E-state index in [0.29, 0.717) is 5.54 Å². The quantitative estimate of drug-likeness (QED) is 0.462. The van der Waals surface area contributed by atoms with Crippen LogP contribution in [0.4, 0.5) is 0 Å². The first-order chi connectivity index (χ1) is 9.06. The van der Waals surface area contributed by atoms with Gasteiger partial charge >= 0.3 is 0 Å². The van der Waals surface area contributed by atoms with Crippen molar-refractivity contribution in [2.24, 2.45) is 0 Å². The molecule has 1 heterocycles. The number of halogens is 1. The average molecular weight is 333 g/mol. The van der Waals surface area contributed by atoms with E-state index in [9.17, 15) is 0 Å². The number of hydrogen-bond acceptors (Lipinski definition) is 2. The first-order valence-electron chi connectivity index (χ1n) is 8.06. The third kappa shape index (κ3) is 7.10. The summed E-state index contributed by atoms with van der Waals surface area (Å²) in [7, 11) is 2.25. The zero-order valence-electron chi connectivity index (χ0n) is 13.3. The van der Waals surface area contributed by atoms with Gasteiger partial charge in [-0.05, 0) is 40.3 Å². The number of unbranched alkanes of at least 4 members (excludes halogenated alkanes) is 6. The monoisotopic (exact) mass is 332 g/mol. The van der Waals surface area contributed by atoms with E-state index in [1.807, 2.05) is 0 Å². The van der Waals surface area contributed by atoms with Crippen molar-refractivity contribution in [3.63, 3.8) is 0 Å². The molecule has 1 fully saturated rings. The number of hydrogen-bond donors (Lipinski definition) is 0. The van der Waals surface area contributed by atoms with Gasteiger partial charge in [0.25, 0.3) is 0 Å². The van der Waals surface area contributed by atoms with Gasteiger partial charge in [0.05, 0.1) is 0 Å². The van der Waals surface area contributed by atoms with Crippen LogP contribution in [-0.4, -0.2) is 53.9 Å². The normalized spacial score (nSPS) is 20.8. The third-order valence-corrected chi connectivity index (χ3v) is 5.06. The second kappa shape index (κ2) is 9.36. The van der Waals surface area contributed by atoms with E-state index in [1.54, 1.807) is 0 Å². The Morgan fingerprint density at radius 1 is 0.895 bits per heavy atom. The number of likely N-dealkylation sites (N-methyl/N-ethyl adjacent to an activating group) is 1. The molecule has 0 atom stereocenters. The Kier molecular flexibility index (Phi) is 8.59. The van der Waals surface area contributed by atoms with Crippen LogP contribution >= 0.6 is 15.9 Å². The molecule has 0 aromatic heterocycles. The van der Waals surface area contributed by atoms with Gasteiger partial charge in [0.2, 0.25) is 0 Å². The molecule has 0 aromatic carbocycles. The largest absolute Gasteiger partial charge is 0.300 e. The molecule has 2 nitrogen and oxygen atoms in total. The average Bonchev–Trinajstić information content (AvgIpc) is 2.36. The van der Waals surface area contributed by atoms with Crippen LogP contribution in [-0.2, 0) is 0 Å². The van der Waals surface area contributed by atoms with Crippen molar-refractivity contribution in [1.82, 2.24) is 9.80 Å². The molecule has 1 saturated heterocycles. The molecule has 0 N–H and O–H groups in total. The standard InChI is InChI=1S/C16H33BrN2/c1-16(2)15-19(14-13-18(16)3)12-10-8-6-4-5-7-9-11-17/h4-15H2,1-3H3. The fourth-order valence-corrected chi connectivity index (χ4v) is 3.24. The highest BCUT2D eigenvalue weighted by molar-refractivity contribution is 9.09. The first kappa shape index (κ1) is 17.5. The summed E-state index contributed by atoms with van der Waals surface area (Å²) >= 11 is 3.49. The summed E-state index contributed by atoms with van der Waals surface area (Å²) in [6.45, 7) is 9.74. The predicted octanol–water partition coefficient (Wildman–Crippen LogP) is 4.14. The summed E-state index contributed by atoms with van der Waals surface area (Å²) in [5, 5.41) is 1.17. The van der Waals surface area contributed by atoms with Gasteiger partial charge in [-0.15, -0.1) is 0 Å². The Labute approximate surface area is 129 Å². The van der Waals surface area contributed by atoms with Crippen molar-refractivity contribution in [1.29, 1.82) is 0 Å². The molecule has 0 aromatic rings. The molecular formula is C16H33BrN2. The number of nitrogens with zero attached hydrogens (tertiary/aromatic N) is 2. The van der Waals surface area contributed by atoms with E-state index in [2.05, 4.69) is 46.6 Å². The minimum Gasteiger partial charge on any atom is -0.300 e. The van der Waals surface area contributed by atoms with Gasteiger partial charge < -0.3 is 4.90 Å². The van der Waals surface area contributed by atoms with Gasteiger partial charge in [0, 0.05) is 30.5 Å². The number of rotatable bonds is 9. The molecule has 19 heavy (non-hydrogen) atoms. The molecule has 1 rings (SSSR count). The van der Waals surface area contributed by atoms with E-state index < -0.39 is 0 Å². The van der Waals surface area contributed by atoms with Crippen LogP contribution in [0.25, 0.3) is 0 Å². The van der Waals surface area contributed by atoms with Crippen LogP contribution < -0.4 is 0 Å². The maximum Gasteiger partial charge on any atom is 0.0277 e. The van der Waals surface area contributed by atoms with E-state index in [0.717, 1.165) is 0 Å². The highest BCUT2D eigenvalue weighted by Crippen LogP contribution is 2.19. The Morgan fingerprint density at radius 2 is 1.47 bits per heavy atom. The number of piperazine rings is 1. The molecule has 1 aliphatic rings. The second-order valence-electron chi connectivity index (χ2n) is 6.67.